The highest BCUT2D eigenvalue weighted by atomic mass is 19.2. The summed E-state index contributed by atoms with van der Waals surface area (Å²) in [6.45, 7) is 3.97. The lowest BCUT2D eigenvalue weighted by Gasteiger charge is -2.41. The van der Waals surface area contributed by atoms with E-state index in [-0.39, 0.29) is 23.6 Å². The molecular formula is C26H24F3N5O. The van der Waals surface area contributed by atoms with Gasteiger partial charge in [0.25, 0.3) is 5.91 Å². The predicted octanol–water partition coefficient (Wildman–Crippen LogP) is 5.38. The molecule has 0 spiro atoms. The van der Waals surface area contributed by atoms with E-state index in [2.05, 4.69) is 15.1 Å². The maximum absolute atomic E-state index is 14.1. The van der Waals surface area contributed by atoms with Crippen LogP contribution in [-0.4, -0.2) is 36.6 Å². The van der Waals surface area contributed by atoms with Gasteiger partial charge >= 0.3 is 0 Å². The summed E-state index contributed by atoms with van der Waals surface area (Å²) < 4.78 is 43.3. The smallest absolute Gasteiger partial charge is 0.258 e. The van der Waals surface area contributed by atoms with Crippen LogP contribution >= 0.6 is 0 Å². The fourth-order valence-electron chi connectivity index (χ4n) is 5.17. The largest absolute Gasteiger partial charge is 0.327 e. The fraction of sp³-hybridized carbons (Fsp3) is 0.308. The Labute approximate surface area is 200 Å². The van der Waals surface area contributed by atoms with E-state index < -0.39 is 17.5 Å². The first-order chi connectivity index (χ1) is 16.8. The summed E-state index contributed by atoms with van der Waals surface area (Å²) >= 11 is 0. The van der Waals surface area contributed by atoms with Crippen LogP contribution in [0, 0.1) is 17.5 Å². The van der Waals surface area contributed by atoms with Gasteiger partial charge in [-0.2, -0.15) is 5.10 Å². The molecule has 1 aliphatic heterocycles. The second-order valence-electron chi connectivity index (χ2n) is 8.75. The molecular weight excluding hydrogens is 455 g/mol. The standard InChI is InChI=1S/C26H24F3N5O/c1-4-16-11-17-24(32-33(3)25(17)15-9-19(27)22(29)20(28)10-15)21(5-2)34(16)26(35)18-13-30-12-14-7-6-8-31-23(14)18/h6-10,12-13,16,21H,4-5,11H2,1-3H3/t16-,21+/m0/s1. The van der Waals surface area contributed by atoms with Crippen molar-refractivity contribution in [3.63, 3.8) is 0 Å². The van der Waals surface area contributed by atoms with Crippen molar-refractivity contribution in [2.45, 2.75) is 45.2 Å². The van der Waals surface area contributed by atoms with Crippen molar-refractivity contribution >= 4 is 16.8 Å². The second kappa shape index (κ2) is 8.79. The molecule has 0 unspecified atom stereocenters. The normalized spacial score (nSPS) is 17.6. The highest BCUT2D eigenvalue weighted by Gasteiger charge is 2.40. The van der Waals surface area contributed by atoms with Crippen LogP contribution in [0.5, 0.6) is 0 Å². The Morgan fingerprint density at radius 1 is 1.11 bits per heavy atom. The summed E-state index contributed by atoms with van der Waals surface area (Å²) in [6.07, 6.45) is 6.56. The Bertz CT molecular complexity index is 1420. The highest BCUT2D eigenvalue weighted by Crippen LogP contribution is 2.41. The number of carbonyl (C=O) groups excluding carboxylic acids is 1. The quantitative estimate of drug-likeness (QED) is 0.369. The minimum Gasteiger partial charge on any atom is -0.327 e. The summed E-state index contributed by atoms with van der Waals surface area (Å²) in [5.74, 6) is -4.19. The molecule has 0 fully saturated rings. The topological polar surface area (TPSA) is 63.9 Å². The Kier molecular flexibility index (Phi) is 5.78. The molecule has 3 aromatic heterocycles. The molecule has 0 N–H and O–H groups in total. The zero-order chi connectivity index (χ0) is 24.9. The molecule has 0 radical (unpaired) electrons. The molecule has 1 amide bonds. The summed E-state index contributed by atoms with van der Waals surface area (Å²) in [7, 11) is 1.69. The number of aromatic nitrogens is 4. The first-order valence-corrected chi connectivity index (χ1v) is 11.6. The number of nitrogens with zero attached hydrogens (tertiary/aromatic N) is 5. The molecule has 35 heavy (non-hydrogen) atoms. The van der Waals surface area contributed by atoms with E-state index in [4.69, 9.17) is 0 Å². The highest BCUT2D eigenvalue weighted by molar-refractivity contribution is 6.05. The van der Waals surface area contributed by atoms with Gasteiger partial charge in [0.1, 0.15) is 0 Å². The number of benzene rings is 1. The van der Waals surface area contributed by atoms with Crippen LogP contribution in [-0.2, 0) is 13.5 Å². The lowest BCUT2D eigenvalue weighted by Crippen LogP contribution is -2.47. The Morgan fingerprint density at radius 2 is 1.86 bits per heavy atom. The second-order valence-corrected chi connectivity index (χ2v) is 8.75. The van der Waals surface area contributed by atoms with Crippen molar-refractivity contribution in [3.05, 3.63) is 77.1 Å². The molecule has 1 aliphatic rings. The first kappa shape index (κ1) is 23.0. The molecule has 0 bridgehead atoms. The SMILES string of the molecule is CC[C@H]1Cc2c(nn(C)c2-c2cc(F)c(F)c(F)c2)[C@@H](CC)N1C(=O)c1cncc2cccnc12. The van der Waals surface area contributed by atoms with E-state index in [0.717, 1.165) is 23.1 Å². The van der Waals surface area contributed by atoms with Crippen LogP contribution in [0.25, 0.3) is 22.2 Å². The number of amides is 1. The van der Waals surface area contributed by atoms with Gasteiger partial charge in [0.2, 0.25) is 0 Å². The molecule has 4 aromatic rings. The maximum Gasteiger partial charge on any atom is 0.258 e. The average Bonchev–Trinajstić information content (AvgIpc) is 3.20. The summed E-state index contributed by atoms with van der Waals surface area (Å²) in [4.78, 5) is 24.4. The first-order valence-electron chi connectivity index (χ1n) is 11.6. The lowest BCUT2D eigenvalue weighted by molar-refractivity contribution is 0.0514. The van der Waals surface area contributed by atoms with Crippen molar-refractivity contribution in [3.8, 4) is 11.3 Å². The molecule has 0 saturated heterocycles. The number of hydrogen-bond donors (Lipinski definition) is 0. The predicted molar refractivity (Wildman–Crippen MR) is 125 cm³/mol. The minimum absolute atomic E-state index is 0.183. The van der Waals surface area contributed by atoms with Gasteiger partial charge in [-0.1, -0.05) is 13.8 Å². The van der Waals surface area contributed by atoms with Crippen molar-refractivity contribution in [1.82, 2.24) is 24.6 Å². The number of pyridine rings is 2. The molecule has 6 nitrogen and oxygen atoms in total. The van der Waals surface area contributed by atoms with Gasteiger partial charge in [0.15, 0.2) is 17.5 Å². The average molecular weight is 480 g/mol. The minimum atomic E-state index is -1.50. The Balaban J connectivity index is 1.64. The van der Waals surface area contributed by atoms with Gasteiger partial charge in [0.05, 0.1) is 28.5 Å². The van der Waals surface area contributed by atoms with E-state index >= 15 is 0 Å². The zero-order valence-corrected chi connectivity index (χ0v) is 19.6. The van der Waals surface area contributed by atoms with Crippen molar-refractivity contribution < 1.29 is 18.0 Å². The molecule has 1 aromatic carbocycles. The fourth-order valence-corrected chi connectivity index (χ4v) is 5.17. The van der Waals surface area contributed by atoms with Gasteiger partial charge in [-0.15, -0.1) is 0 Å². The molecule has 9 heteroatoms. The molecule has 0 aliphatic carbocycles. The van der Waals surface area contributed by atoms with Crippen molar-refractivity contribution in [1.29, 1.82) is 0 Å². The summed E-state index contributed by atoms with van der Waals surface area (Å²) in [5.41, 5.74) is 3.23. The monoisotopic (exact) mass is 479 g/mol. The number of carbonyl (C=O) groups is 1. The van der Waals surface area contributed by atoms with E-state index in [1.165, 1.54) is 0 Å². The van der Waals surface area contributed by atoms with Crippen LogP contribution in [0.4, 0.5) is 13.2 Å². The third-order valence-corrected chi connectivity index (χ3v) is 6.75. The molecule has 5 rings (SSSR count). The third kappa shape index (κ3) is 3.66. The maximum atomic E-state index is 14.1. The van der Waals surface area contributed by atoms with Gasteiger partial charge in [-0.3, -0.25) is 19.4 Å². The van der Waals surface area contributed by atoms with Crippen molar-refractivity contribution in [2.75, 3.05) is 0 Å². The Hall–Kier alpha value is -3.75. The lowest BCUT2D eigenvalue weighted by atomic mass is 9.87. The number of hydrogen-bond acceptors (Lipinski definition) is 4. The molecule has 4 heterocycles. The number of halogens is 3. The van der Waals surface area contributed by atoms with E-state index in [1.807, 2.05) is 24.8 Å². The zero-order valence-electron chi connectivity index (χ0n) is 19.6. The van der Waals surface area contributed by atoms with Gasteiger partial charge in [-0.25, -0.2) is 13.2 Å². The van der Waals surface area contributed by atoms with Crippen LogP contribution in [0.1, 0.15) is 54.3 Å². The molecule has 2 atom stereocenters. The summed E-state index contributed by atoms with van der Waals surface area (Å²) in [6, 6.07) is 5.10. The van der Waals surface area contributed by atoms with Gasteiger partial charge in [-0.05, 0) is 43.5 Å². The van der Waals surface area contributed by atoms with E-state index in [1.54, 1.807) is 36.4 Å². The summed E-state index contributed by atoms with van der Waals surface area (Å²) in [5, 5.41) is 5.45. The number of rotatable bonds is 4. The van der Waals surface area contributed by atoms with Crippen LogP contribution < -0.4 is 0 Å². The van der Waals surface area contributed by atoms with Crippen molar-refractivity contribution in [2.24, 2.45) is 7.05 Å². The van der Waals surface area contributed by atoms with E-state index in [9.17, 15) is 18.0 Å². The number of aryl methyl sites for hydroxylation is 1. The van der Waals surface area contributed by atoms with Gasteiger partial charge < -0.3 is 4.90 Å². The molecule has 0 saturated carbocycles. The Morgan fingerprint density at radius 3 is 2.54 bits per heavy atom. The van der Waals surface area contributed by atoms with E-state index in [0.29, 0.717) is 41.7 Å². The third-order valence-electron chi connectivity index (χ3n) is 6.75. The molecule has 180 valence electrons. The van der Waals surface area contributed by atoms with Crippen LogP contribution in [0.15, 0.2) is 42.9 Å². The number of fused-ring (bicyclic) bond motifs is 2. The van der Waals surface area contributed by atoms with Crippen LogP contribution in [0.3, 0.4) is 0 Å². The van der Waals surface area contributed by atoms with Crippen LogP contribution in [0.2, 0.25) is 0 Å². The van der Waals surface area contributed by atoms with Gasteiger partial charge in [0, 0.05) is 48.2 Å².